The molecule has 0 radical (unpaired) electrons. The number of nitrogens with zero attached hydrogens (tertiary/aromatic N) is 1. The summed E-state index contributed by atoms with van der Waals surface area (Å²) in [6.45, 7) is 7.89. The van der Waals surface area contributed by atoms with Gasteiger partial charge in [0.15, 0.2) is 5.96 Å². The number of benzene rings is 1. The third-order valence-corrected chi connectivity index (χ3v) is 4.17. The Kier molecular flexibility index (Phi) is 13.6. The largest absolute Gasteiger partial charge is 0.453 e. The molecule has 160 valence electrons. The lowest BCUT2D eigenvalue weighted by Crippen LogP contribution is -2.47. The molecular weight excluding hydrogens is 471 g/mol. The van der Waals surface area contributed by atoms with Crippen molar-refractivity contribution in [1.29, 1.82) is 0 Å². The number of carbonyl (C=O) groups excluding carboxylic acids is 1. The van der Waals surface area contributed by atoms with E-state index < -0.39 is 11.7 Å². The van der Waals surface area contributed by atoms with Crippen molar-refractivity contribution in [3.63, 3.8) is 0 Å². The van der Waals surface area contributed by atoms with Crippen LogP contribution in [0.3, 0.4) is 0 Å². The fourth-order valence-electron chi connectivity index (χ4n) is 2.86. The normalized spacial score (nSPS) is 11.4. The summed E-state index contributed by atoms with van der Waals surface area (Å²) in [4.78, 5) is 15.8. The van der Waals surface area contributed by atoms with Crippen molar-refractivity contribution >= 4 is 41.7 Å². The molecule has 0 saturated carbocycles. The Bertz CT molecular complexity index is 588. The average molecular weight is 506 g/mol. The van der Waals surface area contributed by atoms with Crippen LogP contribution in [0.5, 0.6) is 0 Å². The number of aliphatic imine (C=N–C) groups is 1. The van der Waals surface area contributed by atoms with Gasteiger partial charge in [0.2, 0.25) is 0 Å². The van der Waals surface area contributed by atoms with Gasteiger partial charge in [0.05, 0.1) is 19.3 Å². The van der Waals surface area contributed by atoms with Crippen LogP contribution in [0.4, 0.5) is 10.5 Å². The van der Waals surface area contributed by atoms with Gasteiger partial charge in [-0.05, 0) is 37.5 Å². The summed E-state index contributed by atoms with van der Waals surface area (Å²) in [6, 6.07) is 7.43. The van der Waals surface area contributed by atoms with Gasteiger partial charge < -0.3 is 20.5 Å². The van der Waals surface area contributed by atoms with Crippen LogP contribution in [0, 0.1) is 0 Å². The van der Waals surface area contributed by atoms with E-state index in [1.807, 2.05) is 31.2 Å². The Morgan fingerprint density at radius 3 is 2.21 bits per heavy atom. The van der Waals surface area contributed by atoms with Gasteiger partial charge in [0.1, 0.15) is 0 Å². The Labute approximate surface area is 185 Å². The minimum atomic E-state index is -0.707. The van der Waals surface area contributed by atoms with E-state index in [4.69, 9.17) is 0 Å². The fraction of sp³-hybridized carbons (Fsp3) is 0.600. The number of aliphatic hydroxyl groups is 1. The van der Waals surface area contributed by atoms with Crippen LogP contribution < -0.4 is 16.0 Å². The van der Waals surface area contributed by atoms with Crippen LogP contribution in [-0.4, -0.2) is 43.0 Å². The summed E-state index contributed by atoms with van der Waals surface area (Å²) in [7, 11) is 1.33. The Hall–Kier alpha value is -1.55. The van der Waals surface area contributed by atoms with Crippen molar-refractivity contribution in [2.75, 3.05) is 25.5 Å². The maximum atomic E-state index is 11.2. The van der Waals surface area contributed by atoms with Crippen molar-refractivity contribution in [3.8, 4) is 0 Å². The molecule has 1 rings (SSSR count). The molecule has 1 aromatic carbocycles. The van der Waals surface area contributed by atoms with E-state index in [1.165, 1.54) is 7.11 Å². The lowest BCUT2D eigenvalue weighted by molar-refractivity contribution is 0.0257. The zero-order valence-corrected chi connectivity index (χ0v) is 19.7. The predicted octanol–water partition coefficient (Wildman–Crippen LogP) is 3.87. The molecule has 1 amide bonds. The van der Waals surface area contributed by atoms with Crippen LogP contribution in [0.2, 0.25) is 0 Å². The van der Waals surface area contributed by atoms with E-state index in [2.05, 4.69) is 39.5 Å². The summed E-state index contributed by atoms with van der Waals surface area (Å²) in [6.07, 6.45) is 2.92. The Morgan fingerprint density at radius 1 is 1.11 bits per heavy atom. The number of ether oxygens (including phenoxy) is 1. The number of amides is 1. The molecule has 4 N–H and O–H groups in total. The van der Waals surface area contributed by atoms with Gasteiger partial charge >= 0.3 is 6.09 Å². The van der Waals surface area contributed by atoms with E-state index in [9.17, 15) is 9.90 Å². The second-order valence-electron chi connectivity index (χ2n) is 6.59. The monoisotopic (exact) mass is 506 g/mol. The lowest BCUT2D eigenvalue weighted by atomic mass is 9.93. The third-order valence-electron chi connectivity index (χ3n) is 4.17. The summed E-state index contributed by atoms with van der Waals surface area (Å²) in [5.41, 5.74) is 0.977. The maximum Gasteiger partial charge on any atom is 0.411 e. The molecule has 0 aliphatic rings. The van der Waals surface area contributed by atoms with Crippen molar-refractivity contribution < 1.29 is 14.6 Å². The van der Waals surface area contributed by atoms with Crippen molar-refractivity contribution in [2.45, 2.75) is 58.6 Å². The van der Waals surface area contributed by atoms with E-state index >= 15 is 0 Å². The summed E-state index contributed by atoms with van der Waals surface area (Å²) in [5.74, 6) is 0.680. The molecule has 8 heteroatoms. The molecule has 0 aliphatic carbocycles. The van der Waals surface area contributed by atoms with Gasteiger partial charge in [-0.15, -0.1) is 24.0 Å². The zero-order valence-electron chi connectivity index (χ0n) is 17.4. The summed E-state index contributed by atoms with van der Waals surface area (Å²) < 4.78 is 4.57. The van der Waals surface area contributed by atoms with Gasteiger partial charge in [0, 0.05) is 18.8 Å². The number of anilines is 1. The number of nitrogens with one attached hydrogen (secondary N) is 3. The topological polar surface area (TPSA) is 95.0 Å². The minimum Gasteiger partial charge on any atom is -0.453 e. The van der Waals surface area contributed by atoms with Crippen molar-refractivity contribution in [1.82, 2.24) is 10.6 Å². The standard InChI is InChI=1S/C20H34N4O3.HI/c1-5-12-20(26,13-6-2)15-23-18(21-7-3)22-14-16-8-10-17(11-9-16)24-19(25)27-4;/h8-11,26H,5-7,12-15H2,1-4H3,(H,24,25)(H2,21,22,23);1H. The highest BCUT2D eigenvalue weighted by Crippen LogP contribution is 2.18. The molecule has 0 spiro atoms. The van der Waals surface area contributed by atoms with Crippen LogP contribution in [0.1, 0.15) is 52.0 Å². The van der Waals surface area contributed by atoms with E-state index in [1.54, 1.807) is 0 Å². The first-order chi connectivity index (χ1) is 13.0. The molecule has 1 aromatic rings. The number of hydrogen-bond acceptors (Lipinski definition) is 4. The summed E-state index contributed by atoms with van der Waals surface area (Å²) >= 11 is 0. The third kappa shape index (κ3) is 10.1. The quantitative estimate of drug-likeness (QED) is 0.220. The lowest BCUT2D eigenvalue weighted by Gasteiger charge is -2.28. The van der Waals surface area contributed by atoms with Gasteiger partial charge in [-0.1, -0.05) is 38.8 Å². The number of guanidine groups is 1. The first kappa shape index (κ1) is 26.4. The molecule has 0 fully saturated rings. The van der Waals surface area contributed by atoms with Crippen molar-refractivity contribution in [2.24, 2.45) is 4.99 Å². The zero-order chi connectivity index (χ0) is 20.1. The molecular formula is C20H35IN4O3. The van der Waals surface area contributed by atoms with Crippen molar-refractivity contribution in [3.05, 3.63) is 29.8 Å². The number of methoxy groups -OCH3 is 1. The van der Waals surface area contributed by atoms with E-state index in [0.29, 0.717) is 24.7 Å². The minimum absolute atomic E-state index is 0. The van der Waals surface area contributed by atoms with Gasteiger partial charge in [-0.3, -0.25) is 5.32 Å². The average Bonchev–Trinajstić information content (AvgIpc) is 2.65. The molecule has 0 saturated heterocycles. The number of hydrogen-bond donors (Lipinski definition) is 4. The highest BCUT2D eigenvalue weighted by Gasteiger charge is 2.24. The smallest absolute Gasteiger partial charge is 0.411 e. The van der Waals surface area contributed by atoms with Gasteiger partial charge in [-0.25, -0.2) is 9.79 Å². The first-order valence-electron chi connectivity index (χ1n) is 9.64. The summed E-state index contributed by atoms with van der Waals surface area (Å²) in [5, 5.41) is 19.8. The molecule has 0 aromatic heterocycles. The second kappa shape index (κ2) is 14.4. The van der Waals surface area contributed by atoms with E-state index in [-0.39, 0.29) is 24.0 Å². The Balaban J connectivity index is 0.00000729. The number of halogens is 1. The SMILES string of the molecule is CCCC(O)(CCC)CNC(=NCc1ccc(NC(=O)OC)cc1)NCC.I. The number of rotatable bonds is 10. The molecule has 0 bridgehead atoms. The van der Waals surface area contributed by atoms with Gasteiger partial charge in [-0.2, -0.15) is 0 Å². The molecule has 7 nitrogen and oxygen atoms in total. The van der Waals surface area contributed by atoms with Crippen LogP contribution >= 0.6 is 24.0 Å². The molecule has 0 heterocycles. The molecule has 0 atom stereocenters. The predicted molar refractivity (Wildman–Crippen MR) is 125 cm³/mol. The maximum absolute atomic E-state index is 11.2. The fourth-order valence-corrected chi connectivity index (χ4v) is 2.86. The van der Waals surface area contributed by atoms with Crippen LogP contribution in [0.15, 0.2) is 29.3 Å². The highest BCUT2D eigenvalue weighted by atomic mass is 127. The second-order valence-corrected chi connectivity index (χ2v) is 6.59. The highest BCUT2D eigenvalue weighted by molar-refractivity contribution is 14.0. The van der Waals surface area contributed by atoms with E-state index in [0.717, 1.165) is 37.8 Å². The van der Waals surface area contributed by atoms with Crippen LogP contribution in [0.25, 0.3) is 0 Å². The molecule has 0 unspecified atom stereocenters. The molecule has 0 aliphatic heterocycles. The van der Waals surface area contributed by atoms with Crippen LogP contribution in [-0.2, 0) is 11.3 Å². The number of carbonyl (C=O) groups is 1. The Morgan fingerprint density at radius 2 is 1.71 bits per heavy atom. The van der Waals surface area contributed by atoms with Gasteiger partial charge in [0.25, 0.3) is 0 Å². The first-order valence-corrected chi connectivity index (χ1v) is 9.64. The molecule has 28 heavy (non-hydrogen) atoms.